The maximum absolute atomic E-state index is 12.2. The van der Waals surface area contributed by atoms with E-state index in [4.69, 9.17) is 4.74 Å². The van der Waals surface area contributed by atoms with Crippen molar-refractivity contribution in [2.75, 3.05) is 6.54 Å². The van der Waals surface area contributed by atoms with Gasteiger partial charge in [-0.15, -0.1) is 0 Å². The molecule has 23 heavy (non-hydrogen) atoms. The number of hydrogen-bond acceptors (Lipinski definition) is 3. The van der Waals surface area contributed by atoms with E-state index in [0.717, 1.165) is 15.8 Å². The minimum Gasteiger partial charge on any atom is -0.491 e. The SMILES string of the molecule is CC(C)Oc1ccc(CCNS(=O)(=O)c2ccc(Br)cc2)cc1. The maximum atomic E-state index is 12.2. The number of sulfonamides is 1. The molecule has 0 saturated heterocycles. The average molecular weight is 398 g/mol. The molecule has 6 heteroatoms. The van der Waals surface area contributed by atoms with Gasteiger partial charge in [0.05, 0.1) is 11.0 Å². The summed E-state index contributed by atoms with van der Waals surface area (Å²) in [5.41, 5.74) is 1.06. The molecule has 0 amide bonds. The van der Waals surface area contributed by atoms with Gasteiger partial charge in [0.2, 0.25) is 10.0 Å². The van der Waals surface area contributed by atoms with E-state index < -0.39 is 10.0 Å². The van der Waals surface area contributed by atoms with E-state index in [1.54, 1.807) is 24.3 Å². The first-order valence-corrected chi connectivity index (χ1v) is 9.65. The molecule has 0 saturated carbocycles. The van der Waals surface area contributed by atoms with E-state index >= 15 is 0 Å². The molecule has 0 spiro atoms. The molecule has 0 heterocycles. The Morgan fingerprint density at radius 2 is 1.65 bits per heavy atom. The van der Waals surface area contributed by atoms with E-state index in [1.165, 1.54) is 0 Å². The van der Waals surface area contributed by atoms with Crippen LogP contribution in [0.15, 0.2) is 57.9 Å². The third-order valence-corrected chi connectivity index (χ3v) is 5.13. The number of hydrogen-bond donors (Lipinski definition) is 1. The fourth-order valence-corrected chi connectivity index (χ4v) is 3.33. The molecule has 0 fully saturated rings. The van der Waals surface area contributed by atoms with E-state index in [1.807, 2.05) is 38.1 Å². The molecule has 2 aromatic rings. The van der Waals surface area contributed by atoms with Crippen LogP contribution in [0.25, 0.3) is 0 Å². The van der Waals surface area contributed by atoms with Crippen LogP contribution in [-0.4, -0.2) is 21.1 Å². The third-order valence-electron chi connectivity index (χ3n) is 3.12. The summed E-state index contributed by atoms with van der Waals surface area (Å²) >= 11 is 3.29. The lowest BCUT2D eigenvalue weighted by Crippen LogP contribution is -2.25. The van der Waals surface area contributed by atoms with Crippen molar-refractivity contribution in [1.29, 1.82) is 0 Å². The predicted molar refractivity (Wildman–Crippen MR) is 95.2 cm³/mol. The van der Waals surface area contributed by atoms with Gasteiger partial charge in [-0.25, -0.2) is 13.1 Å². The van der Waals surface area contributed by atoms with Gasteiger partial charge in [-0.3, -0.25) is 0 Å². The highest BCUT2D eigenvalue weighted by Crippen LogP contribution is 2.16. The second-order valence-corrected chi connectivity index (χ2v) is 8.09. The van der Waals surface area contributed by atoms with Crippen LogP contribution >= 0.6 is 15.9 Å². The number of benzene rings is 2. The molecule has 0 aliphatic carbocycles. The lowest BCUT2D eigenvalue weighted by atomic mass is 10.1. The van der Waals surface area contributed by atoms with Gasteiger partial charge in [-0.05, 0) is 62.2 Å². The van der Waals surface area contributed by atoms with Crippen molar-refractivity contribution in [2.45, 2.75) is 31.3 Å². The first-order valence-electron chi connectivity index (χ1n) is 7.37. The Hall–Kier alpha value is -1.37. The van der Waals surface area contributed by atoms with Crippen molar-refractivity contribution in [3.8, 4) is 5.75 Å². The first kappa shape index (κ1) is 18.0. The minimum absolute atomic E-state index is 0.138. The fourth-order valence-electron chi connectivity index (χ4n) is 2.03. The summed E-state index contributed by atoms with van der Waals surface area (Å²) in [6.45, 7) is 4.30. The number of rotatable bonds is 7. The van der Waals surface area contributed by atoms with Crippen molar-refractivity contribution >= 4 is 26.0 Å². The van der Waals surface area contributed by atoms with E-state index in [9.17, 15) is 8.42 Å². The zero-order chi connectivity index (χ0) is 16.9. The Bertz CT molecular complexity index is 725. The maximum Gasteiger partial charge on any atom is 0.240 e. The number of ether oxygens (including phenoxy) is 1. The molecule has 4 nitrogen and oxygen atoms in total. The van der Waals surface area contributed by atoms with E-state index in [-0.39, 0.29) is 11.0 Å². The molecule has 0 bridgehead atoms. The molecule has 2 aromatic carbocycles. The first-order chi connectivity index (χ1) is 10.9. The summed E-state index contributed by atoms with van der Waals surface area (Å²) in [6.07, 6.45) is 0.760. The van der Waals surface area contributed by atoms with Gasteiger partial charge in [-0.2, -0.15) is 0 Å². The largest absolute Gasteiger partial charge is 0.491 e. The number of halogens is 1. The van der Waals surface area contributed by atoms with E-state index in [0.29, 0.717) is 13.0 Å². The topological polar surface area (TPSA) is 55.4 Å². The summed E-state index contributed by atoms with van der Waals surface area (Å²) in [5, 5.41) is 0. The van der Waals surface area contributed by atoms with Crippen LogP contribution in [0, 0.1) is 0 Å². The highest BCUT2D eigenvalue weighted by molar-refractivity contribution is 9.10. The van der Waals surface area contributed by atoms with Crippen LogP contribution in [0.1, 0.15) is 19.4 Å². The molecule has 0 radical (unpaired) electrons. The third kappa shape index (κ3) is 5.64. The summed E-state index contributed by atoms with van der Waals surface area (Å²) < 4.78 is 33.4. The van der Waals surface area contributed by atoms with Gasteiger partial charge in [0.15, 0.2) is 0 Å². The van der Waals surface area contributed by atoms with Gasteiger partial charge in [0.1, 0.15) is 5.75 Å². The summed E-state index contributed by atoms with van der Waals surface area (Å²) in [4.78, 5) is 0.265. The highest BCUT2D eigenvalue weighted by Gasteiger charge is 2.12. The molecule has 1 N–H and O–H groups in total. The average Bonchev–Trinajstić information content (AvgIpc) is 2.49. The van der Waals surface area contributed by atoms with Crippen molar-refractivity contribution < 1.29 is 13.2 Å². The van der Waals surface area contributed by atoms with Crippen molar-refractivity contribution in [3.63, 3.8) is 0 Å². The van der Waals surface area contributed by atoms with Gasteiger partial charge < -0.3 is 4.74 Å². The van der Waals surface area contributed by atoms with Gasteiger partial charge in [0.25, 0.3) is 0 Å². The Morgan fingerprint density at radius 3 is 2.22 bits per heavy atom. The Labute approximate surface area is 146 Å². The van der Waals surface area contributed by atoms with Gasteiger partial charge >= 0.3 is 0 Å². The van der Waals surface area contributed by atoms with Crippen LogP contribution in [0.5, 0.6) is 5.75 Å². The summed E-state index contributed by atoms with van der Waals surface area (Å²) in [7, 11) is -3.47. The minimum atomic E-state index is -3.47. The fraction of sp³-hybridized carbons (Fsp3) is 0.294. The van der Waals surface area contributed by atoms with E-state index in [2.05, 4.69) is 20.7 Å². The van der Waals surface area contributed by atoms with Crippen LogP contribution in [0.4, 0.5) is 0 Å². The second kappa shape index (κ2) is 7.95. The molecule has 0 aliphatic heterocycles. The van der Waals surface area contributed by atoms with Gasteiger partial charge in [-0.1, -0.05) is 28.1 Å². The lowest BCUT2D eigenvalue weighted by Gasteiger charge is -2.10. The Balaban J connectivity index is 1.90. The molecule has 0 aliphatic rings. The Kier molecular flexibility index (Phi) is 6.21. The molecular weight excluding hydrogens is 378 g/mol. The zero-order valence-corrected chi connectivity index (χ0v) is 15.5. The Morgan fingerprint density at radius 1 is 1.04 bits per heavy atom. The van der Waals surface area contributed by atoms with Crippen molar-refractivity contribution in [1.82, 2.24) is 4.72 Å². The molecule has 2 rings (SSSR count). The van der Waals surface area contributed by atoms with Crippen molar-refractivity contribution in [3.05, 3.63) is 58.6 Å². The normalized spacial score (nSPS) is 11.7. The lowest BCUT2D eigenvalue weighted by molar-refractivity contribution is 0.242. The predicted octanol–water partition coefficient (Wildman–Crippen LogP) is 3.76. The monoisotopic (exact) mass is 397 g/mol. The molecular formula is C17H20BrNO3S. The van der Waals surface area contributed by atoms with Gasteiger partial charge in [0, 0.05) is 11.0 Å². The van der Waals surface area contributed by atoms with Crippen LogP contribution in [-0.2, 0) is 16.4 Å². The number of nitrogens with one attached hydrogen (secondary N) is 1. The smallest absolute Gasteiger partial charge is 0.240 e. The molecule has 0 aromatic heterocycles. The summed E-state index contributed by atoms with van der Waals surface area (Å²) in [6, 6.07) is 14.3. The summed E-state index contributed by atoms with van der Waals surface area (Å²) in [5.74, 6) is 0.819. The molecule has 0 atom stereocenters. The zero-order valence-electron chi connectivity index (χ0n) is 13.1. The highest BCUT2D eigenvalue weighted by atomic mass is 79.9. The quantitative estimate of drug-likeness (QED) is 0.773. The standard InChI is InChI=1S/C17H20BrNO3S/c1-13(2)22-16-7-3-14(4-8-16)11-12-19-23(20,21)17-9-5-15(18)6-10-17/h3-10,13,19H,11-12H2,1-2H3. The molecule has 0 unspecified atom stereocenters. The van der Waals surface area contributed by atoms with Crippen LogP contribution in [0.2, 0.25) is 0 Å². The van der Waals surface area contributed by atoms with Crippen LogP contribution < -0.4 is 9.46 Å². The second-order valence-electron chi connectivity index (χ2n) is 5.41. The molecule has 124 valence electrons. The van der Waals surface area contributed by atoms with Crippen LogP contribution in [0.3, 0.4) is 0 Å². The van der Waals surface area contributed by atoms with Crippen molar-refractivity contribution in [2.24, 2.45) is 0 Å².